The van der Waals surface area contributed by atoms with E-state index in [1.807, 2.05) is 0 Å². The average Bonchev–Trinajstić information content (AvgIpc) is 3.27. The number of aliphatic hydroxyl groups is 1. The van der Waals surface area contributed by atoms with Gasteiger partial charge in [0.05, 0.1) is 6.10 Å². The van der Waals surface area contributed by atoms with Gasteiger partial charge in [0.1, 0.15) is 0 Å². The molecule has 1 aliphatic heterocycles. The lowest BCUT2D eigenvalue weighted by Gasteiger charge is -2.22. The van der Waals surface area contributed by atoms with Gasteiger partial charge in [0.2, 0.25) is 0 Å². The van der Waals surface area contributed by atoms with Crippen molar-refractivity contribution in [3.05, 3.63) is 60.0 Å². The number of benzene rings is 2. The van der Waals surface area contributed by atoms with Crippen LogP contribution in [0.1, 0.15) is 19.8 Å². The molecule has 1 aliphatic rings. The molecule has 2 heterocycles. The number of nitrogens with one attached hydrogen (secondary N) is 1. The zero-order chi connectivity index (χ0) is 18.1. The van der Waals surface area contributed by atoms with E-state index in [1.54, 1.807) is 11.8 Å². The maximum Gasteiger partial charge on any atom is 0.0731 e. The molecule has 1 atom stereocenters. The molecule has 3 nitrogen and oxygen atoms in total. The number of hydrogen-bond donors (Lipinski definition) is 2. The topological polar surface area (TPSA) is 39.3 Å². The van der Waals surface area contributed by atoms with Crippen LogP contribution in [0.25, 0.3) is 22.2 Å². The van der Waals surface area contributed by atoms with Gasteiger partial charge in [-0.05, 0) is 48.1 Å². The van der Waals surface area contributed by atoms with Crippen molar-refractivity contribution in [1.82, 2.24) is 4.98 Å². The van der Waals surface area contributed by atoms with E-state index < -0.39 is 0 Å². The van der Waals surface area contributed by atoms with Gasteiger partial charge >= 0.3 is 0 Å². The standard InChI is InChI=1S/C22H24N2OS/c1-3-15(2)26-18-8-9-22(24-11-10-17(25)14-24)19(13-18)21-12-16-6-4-5-7-20(16)23-21/h4-9,12-13,17,23,25H,2-3,10-11,14H2,1H3. The van der Waals surface area contributed by atoms with Crippen LogP contribution in [0, 0.1) is 0 Å². The average molecular weight is 365 g/mol. The lowest BCUT2D eigenvalue weighted by atomic mass is 10.1. The fourth-order valence-electron chi connectivity index (χ4n) is 3.49. The van der Waals surface area contributed by atoms with E-state index >= 15 is 0 Å². The van der Waals surface area contributed by atoms with Crippen LogP contribution in [0.5, 0.6) is 0 Å². The Morgan fingerprint density at radius 2 is 2.12 bits per heavy atom. The Morgan fingerprint density at radius 1 is 1.27 bits per heavy atom. The van der Waals surface area contributed by atoms with Crippen molar-refractivity contribution in [3.63, 3.8) is 0 Å². The molecular formula is C22H24N2OS. The summed E-state index contributed by atoms with van der Waals surface area (Å²) < 4.78 is 0. The maximum atomic E-state index is 9.98. The number of thioether (sulfide) groups is 1. The molecule has 2 aromatic carbocycles. The lowest BCUT2D eigenvalue weighted by molar-refractivity contribution is 0.198. The van der Waals surface area contributed by atoms with E-state index in [2.05, 4.69) is 71.9 Å². The first-order valence-electron chi connectivity index (χ1n) is 9.15. The van der Waals surface area contributed by atoms with Crippen molar-refractivity contribution in [2.45, 2.75) is 30.8 Å². The summed E-state index contributed by atoms with van der Waals surface area (Å²) in [5.41, 5.74) is 4.63. The number of fused-ring (bicyclic) bond motifs is 1. The molecule has 0 radical (unpaired) electrons. The van der Waals surface area contributed by atoms with Crippen molar-refractivity contribution < 1.29 is 5.11 Å². The Labute approximate surface area is 158 Å². The van der Waals surface area contributed by atoms with Crippen molar-refractivity contribution >= 4 is 28.4 Å². The number of aromatic nitrogens is 1. The molecule has 1 aromatic heterocycles. The maximum absolute atomic E-state index is 9.98. The van der Waals surface area contributed by atoms with Gasteiger partial charge < -0.3 is 15.0 Å². The van der Waals surface area contributed by atoms with Crippen molar-refractivity contribution in [1.29, 1.82) is 0 Å². The number of rotatable bonds is 5. The number of β-amino-alcohol motifs (C(OH)–C–C–N with tert-alkyl or cyclic N) is 1. The number of H-pyrrole nitrogens is 1. The number of nitrogens with zero attached hydrogens (tertiary/aromatic N) is 1. The van der Waals surface area contributed by atoms with E-state index in [1.165, 1.54) is 21.5 Å². The van der Waals surface area contributed by atoms with E-state index in [0.29, 0.717) is 6.54 Å². The minimum absolute atomic E-state index is 0.237. The fourth-order valence-corrected chi connectivity index (χ4v) is 4.28. The molecule has 0 saturated carbocycles. The summed E-state index contributed by atoms with van der Waals surface area (Å²) in [6.45, 7) is 7.85. The first-order valence-corrected chi connectivity index (χ1v) is 9.96. The van der Waals surface area contributed by atoms with E-state index in [4.69, 9.17) is 0 Å². The number of aliphatic hydroxyl groups excluding tert-OH is 1. The third-order valence-electron chi connectivity index (χ3n) is 4.95. The van der Waals surface area contributed by atoms with Crippen LogP contribution in [0.15, 0.2) is 64.9 Å². The Bertz CT molecular complexity index is 913. The summed E-state index contributed by atoms with van der Waals surface area (Å²) in [5.74, 6) is 0. The molecule has 1 saturated heterocycles. The quantitative estimate of drug-likeness (QED) is 0.594. The molecule has 134 valence electrons. The van der Waals surface area contributed by atoms with E-state index in [-0.39, 0.29) is 6.10 Å². The van der Waals surface area contributed by atoms with Gasteiger partial charge in [-0.1, -0.05) is 43.5 Å². The normalized spacial score (nSPS) is 17.2. The molecular weight excluding hydrogens is 340 g/mol. The summed E-state index contributed by atoms with van der Waals surface area (Å²) in [4.78, 5) is 8.21. The lowest BCUT2D eigenvalue weighted by Crippen LogP contribution is -2.21. The third kappa shape index (κ3) is 3.39. The van der Waals surface area contributed by atoms with Crippen LogP contribution >= 0.6 is 11.8 Å². The Kier molecular flexibility index (Phi) is 4.79. The Morgan fingerprint density at radius 3 is 2.85 bits per heavy atom. The van der Waals surface area contributed by atoms with Gasteiger partial charge in [0.25, 0.3) is 0 Å². The molecule has 0 bridgehead atoms. The van der Waals surface area contributed by atoms with E-state index in [9.17, 15) is 5.11 Å². The number of hydrogen-bond acceptors (Lipinski definition) is 3. The second kappa shape index (κ2) is 7.22. The highest BCUT2D eigenvalue weighted by Crippen LogP contribution is 2.38. The monoisotopic (exact) mass is 364 g/mol. The van der Waals surface area contributed by atoms with Gasteiger partial charge in [0, 0.05) is 45.8 Å². The molecule has 0 amide bonds. The number of aromatic amines is 1. The number of anilines is 1. The number of allylic oxidation sites excluding steroid dienone is 1. The first-order chi connectivity index (χ1) is 12.6. The summed E-state index contributed by atoms with van der Waals surface area (Å²) in [6, 6.07) is 17.2. The van der Waals surface area contributed by atoms with Gasteiger partial charge in [-0.3, -0.25) is 0 Å². The van der Waals surface area contributed by atoms with Crippen LogP contribution in [-0.2, 0) is 0 Å². The van der Waals surface area contributed by atoms with Crippen LogP contribution in [-0.4, -0.2) is 29.3 Å². The summed E-state index contributed by atoms with van der Waals surface area (Å²) in [7, 11) is 0. The SMILES string of the molecule is C=C(CC)Sc1ccc(N2CCC(O)C2)c(-c2cc3ccccc3[nH]2)c1. The van der Waals surface area contributed by atoms with Gasteiger partial charge in [0.15, 0.2) is 0 Å². The molecule has 4 rings (SSSR count). The zero-order valence-corrected chi connectivity index (χ0v) is 15.9. The van der Waals surface area contributed by atoms with E-state index in [0.717, 1.165) is 35.5 Å². The second-order valence-corrected chi connectivity index (χ2v) is 8.08. The van der Waals surface area contributed by atoms with Gasteiger partial charge in [-0.2, -0.15) is 0 Å². The molecule has 2 N–H and O–H groups in total. The Hall–Kier alpha value is -2.17. The zero-order valence-electron chi connectivity index (χ0n) is 15.0. The predicted octanol–water partition coefficient (Wildman–Crippen LogP) is 5.42. The van der Waals surface area contributed by atoms with Gasteiger partial charge in [-0.25, -0.2) is 0 Å². The van der Waals surface area contributed by atoms with Crippen molar-refractivity contribution in [2.75, 3.05) is 18.0 Å². The first kappa shape index (κ1) is 17.3. The van der Waals surface area contributed by atoms with Crippen LogP contribution < -0.4 is 4.90 Å². The predicted molar refractivity (Wildman–Crippen MR) is 112 cm³/mol. The highest BCUT2D eigenvalue weighted by molar-refractivity contribution is 8.03. The molecule has 3 aromatic rings. The smallest absolute Gasteiger partial charge is 0.0731 e. The molecule has 0 spiro atoms. The van der Waals surface area contributed by atoms with Gasteiger partial charge in [-0.15, -0.1) is 0 Å². The number of para-hydroxylation sites is 1. The molecule has 26 heavy (non-hydrogen) atoms. The third-order valence-corrected chi connectivity index (χ3v) is 6.02. The minimum Gasteiger partial charge on any atom is -0.391 e. The van der Waals surface area contributed by atoms with Crippen LogP contribution in [0.3, 0.4) is 0 Å². The highest BCUT2D eigenvalue weighted by Gasteiger charge is 2.23. The molecule has 4 heteroatoms. The van der Waals surface area contributed by atoms with Crippen molar-refractivity contribution in [3.8, 4) is 11.3 Å². The molecule has 1 unspecified atom stereocenters. The van der Waals surface area contributed by atoms with Crippen LogP contribution in [0.2, 0.25) is 0 Å². The Balaban J connectivity index is 1.79. The van der Waals surface area contributed by atoms with Crippen molar-refractivity contribution in [2.24, 2.45) is 0 Å². The molecule has 1 fully saturated rings. The summed E-state index contributed by atoms with van der Waals surface area (Å²) in [6.07, 6.45) is 1.56. The largest absolute Gasteiger partial charge is 0.391 e. The molecule has 0 aliphatic carbocycles. The summed E-state index contributed by atoms with van der Waals surface area (Å²) in [5, 5.41) is 11.2. The fraction of sp³-hybridized carbons (Fsp3) is 0.273. The highest BCUT2D eigenvalue weighted by atomic mass is 32.2. The minimum atomic E-state index is -0.237. The van der Waals surface area contributed by atoms with Crippen LogP contribution in [0.4, 0.5) is 5.69 Å². The second-order valence-electron chi connectivity index (χ2n) is 6.83. The summed E-state index contributed by atoms with van der Waals surface area (Å²) >= 11 is 1.73.